The van der Waals surface area contributed by atoms with Crippen molar-refractivity contribution < 1.29 is 0 Å². The molecule has 0 aliphatic rings. The molecule has 4 rings (SSSR count). The highest BCUT2D eigenvalue weighted by atomic mass is 32.1. The fraction of sp³-hybridized carbons (Fsp3) is 0.400. The molecule has 0 unspecified atom stereocenters. The highest BCUT2D eigenvalue weighted by Gasteiger charge is 2.14. The van der Waals surface area contributed by atoms with Gasteiger partial charge in [-0.25, -0.2) is 9.59 Å². The molecule has 0 amide bonds. The number of aryl methyl sites for hydroxylation is 6. The van der Waals surface area contributed by atoms with Gasteiger partial charge in [-0.2, -0.15) is 9.97 Å². The van der Waals surface area contributed by atoms with Crippen molar-refractivity contribution in [2.45, 2.75) is 54.5 Å². The first-order valence-electron chi connectivity index (χ1n) is 9.44. The molecule has 9 heteroatoms. The predicted octanol–water partition coefficient (Wildman–Crippen LogP) is 3.84. The van der Waals surface area contributed by atoms with Gasteiger partial charge in [0, 0.05) is 27.4 Å². The van der Waals surface area contributed by atoms with Crippen LogP contribution in [-0.2, 0) is 13.0 Å². The zero-order valence-electron chi connectivity index (χ0n) is 17.5. The number of nitrogen functional groups attached to an aromatic ring is 1. The second-order valence-electron chi connectivity index (χ2n) is 6.82. The van der Waals surface area contributed by atoms with E-state index in [-0.39, 0.29) is 11.4 Å². The number of nitrogens with one attached hydrogen (secondary N) is 1. The fourth-order valence-electron chi connectivity index (χ4n) is 3.31. The normalized spacial score (nSPS) is 11.1. The van der Waals surface area contributed by atoms with Crippen LogP contribution >= 0.6 is 22.7 Å². The lowest BCUT2D eigenvalue weighted by Gasteiger charge is -2.04. The molecular formula is C20H25N5O2S2. The van der Waals surface area contributed by atoms with Gasteiger partial charge in [0.2, 0.25) is 0 Å². The first-order valence-corrected chi connectivity index (χ1v) is 11.1. The summed E-state index contributed by atoms with van der Waals surface area (Å²) in [6.45, 7) is 12.8. The minimum Gasteiger partial charge on any atom is -0.383 e. The molecule has 0 bridgehead atoms. The monoisotopic (exact) mass is 431 g/mol. The molecular weight excluding hydrogens is 406 g/mol. The standard InChI is InChI=1S/C10H13N3OS.C10H12N2OS/c1-4-13-9-7(5(2)6(3)15-9)8(11)12-10(13)14;1-4-7-8-5(2)6(3)14-9(8)12-10(13)11-7/h4H2,1-3H3,(H2,11,12,14);4H2,1-3H3,(H,11,12,13). The van der Waals surface area contributed by atoms with Crippen LogP contribution in [0.25, 0.3) is 20.4 Å². The Morgan fingerprint density at radius 3 is 2.21 bits per heavy atom. The zero-order chi connectivity index (χ0) is 21.5. The van der Waals surface area contributed by atoms with Gasteiger partial charge in [0.1, 0.15) is 15.5 Å². The Morgan fingerprint density at radius 1 is 0.966 bits per heavy atom. The lowest BCUT2D eigenvalue weighted by atomic mass is 10.1. The van der Waals surface area contributed by atoms with Crippen molar-refractivity contribution in [1.82, 2.24) is 19.5 Å². The van der Waals surface area contributed by atoms with Crippen LogP contribution in [0.4, 0.5) is 5.82 Å². The topological polar surface area (TPSA) is 107 Å². The fourth-order valence-corrected chi connectivity index (χ4v) is 5.58. The van der Waals surface area contributed by atoms with Gasteiger partial charge in [0.05, 0.1) is 5.39 Å². The lowest BCUT2D eigenvalue weighted by Crippen LogP contribution is -2.23. The Hall–Kier alpha value is -2.52. The van der Waals surface area contributed by atoms with E-state index in [0.29, 0.717) is 12.4 Å². The number of aromatic amines is 1. The van der Waals surface area contributed by atoms with Crippen molar-refractivity contribution in [3.63, 3.8) is 0 Å². The van der Waals surface area contributed by atoms with E-state index in [1.54, 1.807) is 27.2 Å². The van der Waals surface area contributed by atoms with Crippen LogP contribution < -0.4 is 17.1 Å². The molecule has 0 saturated heterocycles. The number of anilines is 1. The summed E-state index contributed by atoms with van der Waals surface area (Å²) in [5.41, 5.74) is 8.65. The molecule has 0 aromatic carbocycles. The first-order chi connectivity index (χ1) is 13.7. The second-order valence-corrected chi connectivity index (χ2v) is 9.23. The van der Waals surface area contributed by atoms with Crippen molar-refractivity contribution in [1.29, 1.82) is 0 Å². The van der Waals surface area contributed by atoms with E-state index in [1.807, 2.05) is 27.7 Å². The summed E-state index contributed by atoms with van der Waals surface area (Å²) >= 11 is 3.19. The molecule has 0 saturated carbocycles. The number of hydrogen-bond acceptors (Lipinski definition) is 7. The highest BCUT2D eigenvalue weighted by molar-refractivity contribution is 7.19. The van der Waals surface area contributed by atoms with Crippen molar-refractivity contribution in [3.8, 4) is 0 Å². The number of nitrogens with two attached hydrogens (primary N) is 1. The molecule has 4 aromatic heterocycles. The van der Waals surface area contributed by atoms with E-state index in [1.165, 1.54) is 15.3 Å². The number of thiophene rings is 2. The first kappa shape index (κ1) is 21.2. The van der Waals surface area contributed by atoms with Crippen LogP contribution in [0.1, 0.15) is 40.4 Å². The summed E-state index contributed by atoms with van der Waals surface area (Å²) in [5.74, 6) is 0.349. The predicted molar refractivity (Wildman–Crippen MR) is 123 cm³/mol. The number of rotatable bonds is 2. The molecule has 7 nitrogen and oxygen atoms in total. The maximum Gasteiger partial charge on any atom is 0.350 e. The van der Waals surface area contributed by atoms with E-state index in [2.05, 4.69) is 28.8 Å². The molecule has 0 fully saturated rings. The molecule has 29 heavy (non-hydrogen) atoms. The number of fused-ring (bicyclic) bond motifs is 2. The quantitative estimate of drug-likeness (QED) is 0.501. The van der Waals surface area contributed by atoms with Crippen LogP contribution in [0.3, 0.4) is 0 Å². The Balaban J connectivity index is 0.000000166. The van der Waals surface area contributed by atoms with Crippen molar-refractivity contribution in [2.24, 2.45) is 0 Å². The van der Waals surface area contributed by atoms with Crippen molar-refractivity contribution in [2.75, 3.05) is 5.73 Å². The third-order valence-electron chi connectivity index (χ3n) is 5.11. The summed E-state index contributed by atoms with van der Waals surface area (Å²) in [7, 11) is 0. The van der Waals surface area contributed by atoms with Crippen LogP contribution in [-0.4, -0.2) is 19.5 Å². The van der Waals surface area contributed by atoms with E-state index >= 15 is 0 Å². The molecule has 154 valence electrons. The van der Waals surface area contributed by atoms with Crippen LogP contribution in [0.15, 0.2) is 9.59 Å². The van der Waals surface area contributed by atoms with Crippen LogP contribution in [0.5, 0.6) is 0 Å². The van der Waals surface area contributed by atoms with E-state index in [9.17, 15) is 9.59 Å². The Kier molecular flexibility index (Phi) is 5.90. The third kappa shape index (κ3) is 3.72. The average molecular weight is 432 g/mol. The molecule has 3 N–H and O–H groups in total. The van der Waals surface area contributed by atoms with Gasteiger partial charge in [-0.05, 0) is 52.2 Å². The summed E-state index contributed by atoms with van der Waals surface area (Å²) in [5, 5.41) is 2.06. The molecule has 4 heterocycles. The zero-order valence-corrected chi connectivity index (χ0v) is 19.1. The summed E-state index contributed by atoms with van der Waals surface area (Å²) in [4.78, 5) is 37.6. The van der Waals surface area contributed by atoms with Gasteiger partial charge in [0.25, 0.3) is 0 Å². The van der Waals surface area contributed by atoms with Crippen molar-refractivity contribution >= 4 is 48.9 Å². The summed E-state index contributed by atoms with van der Waals surface area (Å²) in [6, 6.07) is 0. The third-order valence-corrected chi connectivity index (χ3v) is 7.45. The van der Waals surface area contributed by atoms with E-state index < -0.39 is 0 Å². The van der Waals surface area contributed by atoms with Gasteiger partial charge in [-0.3, -0.25) is 4.57 Å². The van der Waals surface area contributed by atoms with Crippen molar-refractivity contribution in [3.05, 3.63) is 47.5 Å². The summed E-state index contributed by atoms with van der Waals surface area (Å²) < 4.78 is 1.66. The Morgan fingerprint density at radius 2 is 1.59 bits per heavy atom. The number of aromatic nitrogens is 4. The van der Waals surface area contributed by atoms with E-state index in [0.717, 1.165) is 38.1 Å². The second kappa shape index (κ2) is 8.08. The number of H-pyrrole nitrogens is 1. The Bertz CT molecular complexity index is 1330. The van der Waals surface area contributed by atoms with Crippen LogP contribution in [0.2, 0.25) is 0 Å². The highest BCUT2D eigenvalue weighted by Crippen LogP contribution is 2.32. The van der Waals surface area contributed by atoms with Gasteiger partial charge in [0.15, 0.2) is 0 Å². The number of nitrogens with zero attached hydrogens (tertiary/aromatic N) is 3. The molecule has 0 aliphatic carbocycles. The van der Waals surface area contributed by atoms with Gasteiger partial charge in [-0.15, -0.1) is 22.7 Å². The smallest absolute Gasteiger partial charge is 0.350 e. The van der Waals surface area contributed by atoms with E-state index in [4.69, 9.17) is 5.73 Å². The largest absolute Gasteiger partial charge is 0.383 e. The molecule has 0 aliphatic heterocycles. The molecule has 0 spiro atoms. The SMILES string of the molecule is CCc1[nH]c(=O)nc2sc(C)c(C)c12.CCn1c(=O)nc(N)c2c(C)c(C)sc21. The molecule has 0 radical (unpaired) electrons. The Labute approximate surface area is 176 Å². The lowest BCUT2D eigenvalue weighted by molar-refractivity contribution is 0.738. The maximum absolute atomic E-state index is 11.6. The maximum atomic E-state index is 11.6. The summed E-state index contributed by atoms with van der Waals surface area (Å²) in [6.07, 6.45) is 0.839. The van der Waals surface area contributed by atoms with Gasteiger partial charge >= 0.3 is 11.4 Å². The number of hydrogen-bond donors (Lipinski definition) is 2. The minimum absolute atomic E-state index is 0.240. The average Bonchev–Trinajstić information content (AvgIpc) is 3.11. The van der Waals surface area contributed by atoms with Gasteiger partial charge in [-0.1, -0.05) is 6.92 Å². The minimum atomic E-state index is -0.260. The molecule has 4 aromatic rings. The van der Waals surface area contributed by atoms with Gasteiger partial charge < -0.3 is 10.7 Å². The van der Waals surface area contributed by atoms with Crippen LogP contribution in [0, 0.1) is 27.7 Å². The molecule has 0 atom stereocenters.